The third-order valence-corrected chi connectivity index (χ3v) is 7.00. The number of carbonyl (C=O) groups excluding carboxylic acids is 3. The van der Waals surface area contributed by atoms with Crippen LogP contribution >= 0.6 is 11.8 Å². The van der Waals surface area contributed by atoms with E-state index in [0.717, 1.165) is 37.0 Å². The fourth-order valence-electron chi connectivity index (χ4n) is 3.64. The lowest BCUT2D eigenvalue weighted by molar-refractivity contribution is -0.139. The molecule has 39 heavy (non-hydrogen) atoms. The van der Waals surface area contributed by atoms with Crippen molar-refractivity contribution in [1.29, 1.82) is 0 Å². The normalized spacial score (nSPS) is 12.2. The second kappa shape index (κ2) is 17.0. The highest BCUT2D eigenvalue weighted by Crippen LogP contribution is 2.14. The molecule has 0 aliphatic rings. The molecule has 0 aliphatic heterocycles. The first-order valence-corrected chi connectivity index (χ1v) is 13.9. The van der Waals surface area contributed by atoms with Crippen LogP contribution in [0.2, 0.25) is 0 Å². The van der Waals surface area contributed by atoms with Gasteiger partial charge < -0.3 is 26.6 Å². The Balaban J connectivity index is 1.72. The predicted molar refractivity (Wildman–Crippen MR) is 149 cm³/mol. The number of benzene rings is 2. The van der Waals surface area contributed by atoms with Crippen molar-refractivity contribution in [2.45, 2.75) is 50.6 Å². The van der Waals surface area contributed by atoms with E-state index in [-0.39, 0.29) is 24.4 Å². The number of nitrogens with two attached hydrogens (primary N) is 1. The number of carboxylic acids is 2. The average molecular weight is 561 g/mol. The summed E-state index contributed by atoms with van der Waals surface area (Å²) in [7, 11) is 0. The van der Waals surface area contributed by atoms with Crippen LogP contribution in [0.5, 0.6) is 0 Å². The predicted octanol–water partition coefficient (Wildman–Crippen LogP) is 2.24. The molecule has 0 heterocycles. The summed E-state index contributed by atoms with van der Waals surface area (Å²) in [6.07, 6.45) is 3.42. The highest BCUT2D eigenvalue weighted by Gasteiger charge is 2.22. The fraction of sp³-hybridized carbons (Fsp3) is 0.393. The molecule has 2 rings (SSSR count). The lowest BCUT2D eigenvalue weighted by Crippen LogP contribution is -2.49. The summed E-state index contributed by atoms with van der Waals surface area (Å²) in [5, 5.41) is 22.4. The molecule has 0 aromatic heterocycles. The zero-order valence-electron chi connectivity index (χ0n) is 21.6. The molecule has 10 nitrogen and oxygen atoms in total. The number of hydrogen-bond acceptors (Lipinski definition) is 7. The number of amides is 2. The summed E-state index contributed by atoms with van der Waals surface area (Å²) >= 11 is 1.47. The molecule has 2 amide bonds. The number of carboxylic acid groups (broad SMARTS) is 2. The van der Waals surface area contributed by atoms with Gasteiger partial charge in [-0.25, -0.2) is 0 Å². The first-order valence-electron chi connectivity index (χ1n) is 12.7. The van der Waals surface area contributed by atoms with Crippen molar-refractivity contribution in [2.24, 2.45) is 5.73 Å². The first-order chi connectivity index (χ1) is 18.7. The lowest BCUT2D eigenvalue weighted by Gasteiger charge is -2.18. The van der Waals surface area contributed by atoms with E-state index in [1.807, 2.05) is 42.5 Å². The standard InChI is InChI=1S/C28H35N3O7S/c29-22(28(37)38)14-15-24(32)31-23(27(36)30-17-25(33)34)18-39-16-6-2-3-7-19-10-12-21(13-11-19)26(35)20-8-4-1-5-9-20/h1,4-5,8-13,22-23H,2-3,6-7,14-18,29H2,(H,30,36)(H,31,32)(H,33,34)(H,37,38)/t22-,23-/m0/s1/i39+3. The lowest BCUT2D eigenvalue weighted by atomic mass is 10.0. The van der Waals surface area contributed by atoms with Crippen LogP contribution in [0.25, 0.3) is 0 Å². The van der Waals surface area contributed by atoms with Gasteiger partial charge in [-0.15, -0.1) is 0 Å². The van der Waals surface area contributed by atoms with Gasteiger partial charge in [0.1, 0.15) is 18.6 Å². The minimum Gasteiger partial charge on any atom is -0.480 e. The van der Waals surface area contributed by atoms with Crippen LogP contribution in [-0.2, 0) is 25.6 Å². The molecule has 0 radical (unpaired) electrons. The van der Waals surface area contributed by atoms with Gasteiger partial charge in [0.25, 0.3) is 0 Å². The summed E-state index contributed by atoms with van der Waals surface area (Å²) in [6, 6.07) is 14.7. The molecule has 0 saturated carbocycles. The minimum atomic E-state index is -1.22. The number of ketones is 1. The van der Waals surface area contributed by atoms with E-state index >= 15 is 0 Å². The molecule has 0 fully saturated rings. The third kappa shape index (κ3) is 12.1. The topological polar surface area (TPSA) is 176 Å². The van der Waals surface area contributed by atoms with Crippen molar-refractivity contribution in [2.75, 3.05) is 18.1 Å². The van der Waals surface area contributed by atoms with E-state index in [1.54, 1.807) is 12.1 Å². The van der Waals surface area contributed by atoms with Crippen molar-refractivity contribution in [1.82, 2.24) is 10.6 Å². The zero-order chi connectivity index (χ0) is 28.6. The number of hydrogen-bond donors (Lipinski definition) is 5. The van der Waals surface area contributed by atoms with E-state index in [0.29, 0.717) is 11.1 Å². The number of unbranched alkanes of at least 4 members (excludes halogenated alkanes) is 2. The Morgan fingerprint density at radius 1 is 0.872 bits per heavy atom. The molecular formula is C28H35N3O7S. The van der Waals surface area contributed by atoms with Gasteiger partial charge in [0.2, 0.25) is 11.8 Å². The number of carbonyl (C=O) groups is 5. The molecule has 210 valence electrons. The second-order valence-electron chi connectivity index (χ2n) is 8.99. The van der Waals surface area contributed by atoms with Crippen molar-refractivity contribution in [3.05, 3.63) is 71.3 Å². The SMILES string of the molecule is N[C@@H](CCC(=O)N[C@@H](C[35S]CCCCCc1ccc(C(=O)c2ccccc2)cc1)C(=O)NCC(=O)O)C(=O)O. The summed E-state index contributed by atoms with van der Waals surface area (Å²) in [6.45, 7) is -0.568. The Morgan fingerprint density at radius 2 is 1.54 bits per heavy atom. The second-order valence-corrected chi connectivity index (χ2v) is 10.1. The number of rotatable bonds is 18. The highest BCUT2D eigenvalue weighted by molar-refractivity contribution is 7.99. The third-order valence-electron chi connectivity index (χ3n) is 5.86. The van der Waals surface area contributed by atoms with Gasteiger partial charge in [0.05, 0.1) is 0 Å². The van der Waals surface area contributed by atoms with Crippen molar-refractivity contribution >= 4 is 41.3 Å². The average Bonchev–Trinajstić information content (AvgIpc) is 2.93. The van der Waals surface area contributed by atoms with E-state index < -0.39 is 42.4 Å². The van der Waals surface area contributed by atoms with Gasteiger partial charge in [0.15, 0.2) is 5.78 Å². The molecule has 2 aromatic carbocycles. The van der Waals surface area contributed by atoms with Crippen LogP contribution in [0.3, 0.4) is 0 Å². The Bertz CT molecular complexity index is 1110. The number of aliphatic carboxylic acids is 2. The van der Waals surface area contributed by atoms with E-state index in [2.05, 4.69) is 10.6 Å². The van der Waals surface area contributed by atoms with Crippen LogP contribution in [0, 0.1) is 0 Å². The van der Waals surface area contributed by atoms with Crippen molar-refractivity contribution < 1.29 is 34.2 Å². The molecular weight excluding hydrogens is 525 g/mol. The van der Waals surface area contributed by atoms with E-state index in [9.17, 15) is 24.0 Å². The van der Waals surface area contributed by atoms with Gasteiger partial charge in [-0.05, 0) is 37.0 Å². The molecule has 0 aliphatic carbocycles. The molecule has 2 atom stereocenters. The molecule has 0 bridgehead atoms. The quantitative estimate of drug-likeness (QED) is 0.135. The maximum Gasteiger partial charge on any atom is 0.322 e. The number of thioether (sulfide) groups is 1. The molecule has 6 N–H and O–H groups in total. The summed E-state index contributed by atoms with van der Waals surface area (Å²) in [5.41, 5.74) is 7.87. The number of aryl methyl sites for hydroxylation is 1. The number of nitrogens with one attached hydrogen (secondary N) is 2. The van der Waals surface area contributed by atoms with E-state index in [1.165, 1.54) is 11.8 Å². The molecule has 0 unspecified atom stereocenters. The summed E-state index contributed by atoms with van der Waals surface area (Å²) in [4.78, 5) is 58.6. The van der Waals surface area contributed by atoms with Crippen molar-refractivity contribution in [3.63, 3.8) is 0 Å². The van der Waals surface area contributed by atoms with Crippen LogP contribution in [0.1, 0.15) is 53.6 Å². The Labute approximate surface area is 231 Å². The van der Waals surface area contributed by atoms with Gasteiger partial charge in [0, 0.05) is 23.3 Å². The zero-order valence-corrected chi connectivity index (χ0v) is 22.5. The summed E-state index contributed by atoms with van der Waals surface area (Å²) in [5.74, 6) is -2.58. The molecule has 11 heteroatoms. The largest absolute Gasteiger partial charge is 0.480 e. The van der Waals surface area contributed by atoms with Gasteiger partial charge in [-0.1, -0.05) is 61.0 Å². The Hall–Kier alpha value is -3.70. The maximum atomic E-state index is 12.5. The maximum absolute atomic E-state index is 12.5. The van der Waals surface area contributed by atoms with Gasteiger partial charge in [-0.3, -0.25) is 24.0 Å². The minimum absolute atomic E-state index is 0.00542. The van der Waals surface area contributed by atoms with Crippen LogP contribution in [-0.4, -0.2) is 69.9 Å². The molecule has 0 saturated heterocycles. The van der Waals surface area contributed by atoms with Crippen LogP contribution in [0.4, 0.5) is 0 Å². The monoisotopic (exact) mass is 560 g/mol. The summed E-state index contributed by atoms with van der Waals surface area (Å²) < 4.78 is 0. The van der Waals surface area contributed by atoms with Gasteiger partial charge in [-0.2, -0.15) is 11.8 Å². The van der Waals surface area contributed by atoms with Gasteiger partial charge >= 0.3 is 11.9 Å². The molecule has 0 spiro atoms. The first kappa shape index (κ1) is 31.5. The van der Waals surface area contributed by atoms with Crippen LogP contribution < -0.4 is 16.4 Å². The van der Waals surface area contributed by atoms with E-state index in [4.69, 9.17) is 15.9 Å². The highest BCUT2D eigenvalue weighted by atomic mass is 35.1. The Morgan fingerprint density at radius 3 is 2.18 bits per heavy atom. The smallest absolute Gasteiger partial charge is 0.322 e. The Kier molecular flexibility index (Phi) is 13.7. The van der Waals surface area contributed by atoms with Crippen molar-refractivity contribution in [3.8, 4) is 0 Å². The van der Waals surface area contributed by atoms with Crippen LogP contribution in [0.15, 0.2) is 54.6 Å². The molecule has 2 aromatic rings. The fourth-order valence-corrected chi connectivity index (χ4v) is 4.68.